The van der Waals surface area contributed by atoms with E-state index in [2.05, 4.69) is 0 Å². The van der Waals surface area contributed by atoms with Gasteiger partial charge in [-0.2, -0.15) is 0 Å². The number of carbonyl (C=O) groups excluding carboxylic acids is 1. The van der Waals surface area contributed by atoms with Gasteiger partial charge in [0.05, 0.1) is 0 Å². The molecule has 0 saturated carbocycles. The Labute approximate surface area is 119 Å². The van der Waals surface area contributed by atoms with E-state index in [0.717, 1.165) is 18.1 Å². The highest BCUT2D eigenvalue weighted by atomic mass is 33.1. The highest BCUT2D eigenvalue weighted by molar-refractivity contribution is 8.77. The Kier molecular flexibility index (Phi) is 8.68. The first kappa shape index (κ1) is 16.0. The molecular formula is C14H24O2S2. The maximum absolute atomic E-state index is 11.4. The van der Waals surface area contributed by atoms with Crippen molar-refractivity contribution in [2.45, 2.75) is 57.6 Å². The summed E-state index contributed by atoms with van der Waals surface area (Å²) in [5.74, 6) is 1.25. The predicted molar refractivity (Wildman–Crippen MR) is 81.9 cm³/mol. The summed E-state index contributed by atoms with van der Waals surface area (Å²) in [6.45, 7) is 4.44. The van der Waals surface area contributed by atoms with Crippen LogP contribution in [-0.2, 0) is 9.53 Å². The predicted octanol–water partition coefficient (Wildman–Crippen LogP) is 4.60. The van der Waals surface area contributed by atoms with Gasteiger partial charge in [-0.05, 0) is 39.2 Å². The molecule has 1 atom stereocenters. The van der Waals surface area contributed by atoms with Gasteiger partial charge < -0.3 is 4.74 Å². The molecule has 0 aromatic heterocycles. The summed E-state index contributed by atoms with van der Waals surface area (Å²) >= 11 is 0. The lowest BCUT2D eigenvalue weighted by Gasteiger charge is -2.06. The van der Waals surface area contributed by atoms with Gasteiger partial charge in [0.1, 0.15) is 6.61 Å². The minimum Gasteiger partial charge on any atom is -0.461 e. The van der Waals surface area contributed by atoms with E-state index in [0.29, 0.717) is 13.0 Å². The van der Waals surface area contributed by atoms with Gasteiger partial charge in [0.15, 0.2) is 0 Å². The molecule has 0 bridgehead atoms. The SMILES string of the molecule is CC(C)=CCOC(=O)CCCCC[C@@H]1CCSS1. The van der Waals surface area contributed by atoms with Crippen molar-refractivity contribution >= 4 is 27.6 Å². The van der Waals surface area contributed by atoms with Crippen LogP contribution >= 0.6 is 21.6 Å². The van der Waals surface area contributed by atoms with Crippen LogP contribution < -0.4 is 0 Å². The fourth-order valence-electron chi connectivity index (χ4n) is 1.76. The van der Waals surface area contributed by atoms with Crippen molar-refractivity contribution in [3.8, 4) is 0 Å². The second-order valence-corrected chi connectivity index (χ2v) is 7.68. The van der Waals surface area contributed by atoms with Crippen molar-refractivity contribution in [3.05, 3.63) is 11.6 Å². The highest BCUT2D eigenvalue weighted by Gasteiger charge is 2.15. The summed E-state index contributed by atoms with van der Waals surface area (Å²) in [7, 11) is 4.04. The monoisotopic (exact) mass is 288 g/mol. The van der Waals surface area contributed by atoms with E-state index in [4.69, 9.17) is 4.74 Å². The van der Waals surface area contributed by atoms with E-state index in [1.807, 2.05) is 41.5 Å². The van der Waals surface area contributed by atoms with Gasteiger partial charge in [-0.3, -0.25) is 4.79 Å². The molecule has 0 aromatic carbocycles. The van der Waals surface area contributed by atoms with Crippen LogP contribution in [0.5, 0.6) is 0 Å². The smallest absolute Gasteiger partial charge is 0.306 e. The second kappa shape index (κ2) is 9.79. The van der Waals surface area contributed by atoms with Crippen LogP contribution in [0.25, 0.3) is 0 Å². The van der Waals surface area contributed by atoms with Gasteiger partial charge in [-0.15, -0.1) is 0 Å². The summed E-state index contributed by atoms with van der Waals surface area (Å²) in [6.07, 6.45) is 8.55. The molecule has 2 nitrogen and oxygen atoms in total. The van der Waals surface area contributed by atoms with Gasteiger partial charge in [0.2, 0.25) is 0 Å². The summed E-state index contributed by atoms with van der Waals surface area (Å²) in [4.78, 5) is 11.4. The number of unbranched alkanes of at least 4 members (excludes halogenated alkanes) is 2. The van der Waals surface area contributed by atoms with E-state index < -0.39 is 0 Å². The van der Waals surface area contributed by atoms with E-state index in [1.165, 1.54) is 30.6 Å². The zero-order valence-electron chi connectivity index (χ0n) is 11.4. The van der Waals surface area contributed by atoms with Gasteiger partial charge >= 0.3 is 5.97 Å². The van der Waals surface area contributed by atoms with Crippen LogP contribution in [0.4, 0.5) is 0 Å². The van der Waals surface area contributed by atoms with Crippen molar-refractivity contribution in [1.29, 1.82) is 0 Å². The first-order chi connectivity index (χ1) is 8.68. The molecule has 1 aliphatic heterocycles. The van der Waals surface area contributed by atoms with Crippen LogP contribution in [0.2, 0.25) is 0 Å². The third-order valence-electron chi connectivity index (χ3n) is 2.87. The van der Waals surface area contributed by atoms with Crippen LogP contribution in [0.15, 0.2) is 11.6 Å². The zero-order chi connectivity index (χ0) is 13.2. The number of hydrogen-bond acceptors (Lipinski definition) is 4. The summed E-state index contributed by atoms with van der Waals surface area (Å²) in [6, 6.07) is 0. The van der Waals surface area contributed by atoms with E-state index in [-0.39, 0.29) is 5.97 Å². The van der Waals surface area contributed by atoms with Crippen molar-refractivity contribution < 1.29 is 9.53 Å². The van der Waals surface area contributed by atoms with E-state index >= 15 is 0 Å². The van der Waals surface area contributed by atoms with Gasteiger partial charge in [0.25, 0.3) is 0 Å². The highest BCUT2D eigenvalue weighted by Crippen LogP contribution is 2.39. The molecule has 1 aliphatic rings. The number of allylic oxidation sites excluding steroid dienone is 1. The first-order valence-electron chi connectivity index (χ1n) is 6.75. The first-order valence-corrected chi connectivity index (χ1v) is 9.14. The molecular weight excluding hydrogens is 264 g/mol. The van der Waals surface area contributed by atoms with Crippen LogP contribution in [-0.4, -0.2) is 23.6 Å². The Bertz CT molecular complexity index is 267. The second-order valence-electron chi connectivity index (χ2n) is 4.89. The molecule has 0 aliphatic carbocycles. The van der Waals surface area contributed by atoms with Crippen LogP contribution in [0.3, 0.4) is 0 Å². The average Bonchev–Trinajstić information content (AvgIpc) is 2.81. The van der Waals surface area contributed by atoms with Crippen molar-refractivity contribution in [2.75, 3.05) is 12.4 Å². The van der Waals surface area contributed by atoms with Crippen molar-refractivity contribution in [3.63, 3.8) is 0 Å². The maximum atomic E-state index is 11.4. The molecule has 1 saturated heterocycles. The molecule has 0 amide bonds. The molecule has 0 spiro atoms. The molecule has 1 rings (SSSR count). The lowest BCUT2D eigenvalue weighted by molar-refractivity contribution is -0.142. The fraction of sp³-hybridized carbons (Fsp3) is 0.786. The van der Waals surface area contributed by atoms with Gasteiger partial charge in [-0.1, -0.05) is 40.0 Å². The minimum absolute atomic E-state index is 0.0571. The molecule has 18 heavy (non-hydrogen) atoms. The fourth-order valence-corrected chi connectivity index (χ4v) is 4.78. The Morgan fingerprint density at radius 3 is 2.83 bits per heavy atom. The number of hydrogen-bond donors (Lipinski definition) is 0. The Morgan fingerprint density at radius 1 is 1.33 bits per heavy atom. The molecule has 0 aromatic rings. The third kappa shape index (κ3) is 8.09. The summed E-state index contributed by atoms with van der Waals surface area (Å²) in [5, 5.41) is 0.861. The van der Waals surface area contributed by atoms with Crippen molar-refractivity contribution in [1.82, 2.24) is 0 Å². The average molecular weight is 288 g/mol. The van der Waals surface area contributed by atoms with Crippen LogP contribution in [0.1, 0.15) is 52.4 Å². The Morgan fingerprint density at radius 2 is 2.17 bits per heavy atom. The van der Waals surface area contributed by atoms with Crippen molar-refractivity contribution in [2.24, 2.45) is 0 Å². The Balaban J connectivity index is 1.90. The number of rotatable bonds is 8. The number of carbonyl (C=O) groups is 1. The minimum atomic E-state index is -0.0571. The topological polar surface area (TPSA) is 26.3 Å². The number of esters is 1. The van der Waals surface area contributed by atoms with Crippen LogP contribution in [0, 0.1) is 0 Å². The standard InChI is InChI=1S/C14H24O2S2/c1-12(2)8-10-16-14(15)7-5-3-4-6-13-9-11-17-18-13/h8,13H,3-7,9-11H2,1-2H3/t13-/m1/s1. The largest absolute Gasteiger partial charge is 0.461 e. The molecule has 1 heterocycles. The molecule has 1 fully saturated rings. The van der Waals surface area contributed by atoms with E-state index in [1.54, 1.807) is 0 Å². The molecule has 104 valence electrons. The third-order valence-corrected chi connectivity index (χ3v) is 5.88. The van der Waals surface area contributed by atoms with E-state index in [9.17, 15) is 4.79 Å². The molecule has 0 unspecified atom stereocenters. The maximum Gasteiger partial charge on any atom is 0.306 e. The molecule has 0 radical (unpaired) electrons. The lowest BCUT2D eigenvalue weighted by Crippen LogP contribution is -2.04. The zero-order valence-corrected chi connectivity index (χ0v) is 13.1. The summed E-state index contributed by atoms with van der Waals surface area (Å²) < 4.78 is 5.11. The number of ether oxygens (including phenoxy) is 1. The Hall–Kier alpha value is -0.0900. The quantitative estimate of drug-likeness (QED) is 0.282. The summed E-state index contributed by atoms with van der Waals surface area (Å²) in [5.41, 5.74) is 1.19. The normalized spacial score (nSPS) is 18.7. The lowest BCUT2D eigenvalue weighted by atomic mass is 10.1. The molecule has 0 N–H and O–H groups in total. The molecule has 4 heteroatoms. The van der Waals surface area contributed by atoms with Gasteiger partial charge in [-0.25, -0.2) is 0 Å². The van der Waals surface area contributed by atoms with Gasteiger partial charge in [0, 0.05) is 17.4 Å².